The first-order valence-corrected chi connectivity index (χ1v) is 15.2. The molecule has 1 aromatic carbocycles. The van der Waals surface area contributed by atoms with Gasteiger partial charge in [0.2, 0.25) is 5.88 Å². The Labute approximate surface area is 246 Å². The van der Waals surface area contributed by atoms with Crippen LogP contribution in [0.2, 0.25) is 0 Å². The van der Waals surface area contributed by atoms with Gasteiger partial charge >= 0.3 is 5.97 Å². The Morgan fingerprint density at radius 1 is 1.20 bits per heavy atom. The number of amides is 1. The van der Waals surface area contributed by atoms with Crippen molar-refractivity contribution in [2.24, 2.45) is 0 Å². The van der Waals surface area contributed by atoms with Gasteiger partial charge in [0, 0.05) is 24.8 Å². The van der Waals surface area contributed by atoms with Crippen molar-refractivity contribution in [3.63, 3.8) is 0 Å². The minimum absolute atomic E-state index is 0.00848. The van der Waals surface area contributed by atoms with Crippen molar-refractivity contribution >= 4 is 77.8 Å². The topological polar surface area (TPSA) is 185 Å². The van der Waals surface area contributed by atoms with Crippen molar-refractivity contribution in [2.75, 3.05) is 31.4 Å². The smallest absolute Gasteiger partial charge is 0.323 e. The van der Waals surface area contributed by atoms with E-state index in [0.29, 0.717) is 28.5 Å². The largest absolute Gasteiger partial charge is 0.493 e. The number of carboxylic acids is 1. The van der Waals surface area contributed by atoms with E-state index in [1.54, 1.807) is 24.0 Å². The van der Waals surface area contributed by atoms with Crippen LogP contribution in [0, 0.1) is 0 Å². The lowest BCUT2D eigenvalue weighted by atomic mass is 10.2. The number of carbonyl (C=O) groups is 2. The van der Waals surface area contributed by atoms with Crippen LogP contribution in [0.5, 0.6) is 17.2 Å². The summed E-state index contributed by atoms with van der Waals surface area (Å²) in [6.07, 6.45) is 1.53. The normalized spacial score (nSPS) is 18.1. The number of methoxy groups -OCH3 is 2. The zero-order valence-electron chi connectivity index (χ0n) is 21.6. The second kappa shape index (κ2) is 11.8. The Bertz CT molecular complexity index is 1780. The number of hydrogen-bond donors (Lipinski definition) is 3. The molecule has 4 rings (SSSR count). The van der Waals surface area contributed by atoms with Gasteiger partial charge in [0.1, 0.15) is 16.1 Å². The van der Waals surface area contributed by atoms with Crippen molar-refractivity contribution in [3.05, 3.63) is 43.6 Å². The molecule has 0 bridgehead atoms. The number of aromatic nitrogens is 1. The first kappa shape index (κ1) is 30.5. The Balaban J connectivity index is 1.88. The average molecular weight is 646 g/mol. The fourth-order valence-corrected chi connectivity index (χ4v) is 6.86. The number of hydroxylamine groups is 2. The SMILES string of the molecule is COc1cc2c(cc1OC)N(CCCS(=O)(=O)O)C(=C/C(C)=c1/s/c(=C3/SC(=S)N(O)C3=O)n(CC(=O)O)c1=O)O2. The summed E-state index contributed by atoms with van der Waals surface area (Å²) in [5.41, 5.74) is 0.153. The average Bonchev–Trinajstić information content (AvgIpc) is 3.49. The molecule has 3 heterocycles. The van der Waals surface area contributed by atoms with E-state index in [-0.39, 0.29) is 42.3 Å². The standard InChI is InChI=1S/C23H23N3O11S4/c1-11(18-20(29)25(10-17(27)28)22(39-18)19-21(30)26(31)23(38)40-19)7-16-24(5-4-6-41(32,33)34)12-8-14(35-2)15(36-3)9-13(12)37-16/h7-9,31H,4-6,10H2,1-3H3,(H,27,28)(H,32,33,34)/b16-7?,18-11+,22-19+. The van der Waals surface area contributed by atoms with Gasteiger partial charge in [-0.2, -0.15) is 13.5 Å². The van der Waals surface area contributed by atoms with Crippen LogP contribution < -0.4 is 33.9 Å². The number of anilines is 1. The highest BCUT2D eigenvalue weighted by Crippen LogP contribution is 2.46. The van der Waals surface area contributed by atoms with Gasteiger partial charge in [-0.3, -0.25) is 28.7 Å². The number of thioether (sulfide) groups is 1. The molecule has 2 aliphatic heterocycles. The highest BCUT2D eigenvalue weighted by molar-refractivity contribution is 8.30. The predicted octanol–water partition coefficient (Wildman–Crippen LogP) is 0.558. The molecule has 0 saturated carbocycles. The van der Waals surface area contributed by atoms with Crippen molar-refractivity contribution in [3.8, 4) is 17.2 Å². The maximum Gasteiger partial charge on any atom is 0.323 e. The van der Waals surface area contributed by atoms with Gasteiger partial charge in [-0.15, -0.1) is 11.3 Å². The molecule has 14 nitrogen and oxygen atoms in total. The van der Waals surface area contributed by atoms with Gasteiger partial charge < -0.3 is 24.2 Å². The van der Waals surface area contributed by atoms with Crippen LogP contribution >= 0.6 is 35.3 Å². The molecular weight excluding hydrogens is 623 g/mol. The summed E-state index contributed by atoms with van der Waals surface area (Å²) >= 11 is 6.52. The van der Waals surface area contributed by atoms with E-state index in [1.807, 2.05) is 0 Å². The zero-order chi connectivity index (χ0) is 30.2. The second-order valence-electron chi connectivity index (χ2n) is 8.57. The number of benzene rings is 1. The third-order valence-corrected chi connectivity index (χ3v) is 9.43. The zero-order valence-corrected chi connectivity index (χ0v) is 24.9. The molecule has 0 spiro atoms. The van der Waals surface area contributed by atoms with Crippen molar-refractivity contribution in [1.82, 2.24) is 9.63 Å². The summed E-state index contributed by atoms with van der Waals surface area (Å²) in [5, 5.41) is 19.5. The molecule has 1 fully saturated rings. The van der Waals surface area contributed by atoms with Gasteiger partial charge in [-0.05, 0) is 42.9 Å². The van der Waals surface area contributed by atoms with Gasteiger partial charge in [0.15, 0.2) is 21.6 Å². The summed E-state index contributed by atoms with van der Waals surface area (Å²) in [5.74, 6) is -1.42. The first-order chi connectivity index (χ1) is 19.2. The third kappa shape index (κ3) is 6.26. The summed E-state index contributed by atoms with van der Waals surface area (Å²) < 4.78 is 49.4. The van der Waals surface area contributed by atoms with Crippen molar-refractivity contribution in [1.29, 1.82) is 0 Å². The Kier molecular flexibility index (Phi) is 8.81. The minimum atomic E-state index is -4.23. The molecule has 1 aromatic heterocycles. The molecule has 3 N–H and O–H groups in total. The molecule has 1 saturated heterocycles. The number of allylic oxidation sites excluding steroid dienone is 1. The van der Waals surface area contributed by atoms with Crippen LogP contribution in [0.15, 0.2) is 28.9 Å². The van der Waals surface area contributed by atoms with E-state index in [4.69, 9.17) is 26.4 Å². The van der Waals surface area contributed by atoms with E-state index in [2.05, 4.69) is 0 Å². The fourth-order valence-electron chi connectivity index (χ4n) is 4.02. The molecule has 0 radical (unpaired) electrons. The lowest BCUT2D eigenvalue weighted by Gasteiger charge is -2.18. The van der Waals surface area contributed by atoms with Crippen molar-refractivity contribution in [2.45, 2.75) is 19.9 Å². The molecule has 220 valence electrons. The van der Waals surface area contributed by atoms with Crippen LogP contribution in [0.3, 0.4) is 0 Å². The minimum Gasteiger partial charge on any atom is -0.493 e. The number of carboxylic acid groups (broad SMARTS) is 1. The maximum absolute atomic E-state index is 13.4. The van der Waals surface area contributed by atoms with E-state index >= 15 is 0 Å². The Hall–Kier alpha value is -3.42. The molecule has 2 aromatic rings. The summed E-state index contributed by atoms with van der Waals surface area (Å²) in [7, 11) is -1.33. The third-order valence-electron chi connectivity index (χ3n) is 5.84. The molecule has 0 aliphatic carbocycles. The van der Waals surface area contributed by atoms with Crippen LogP contribution in [-0.4, -0.2) is 75.6 Å². The van der Waals surface area contributed by atoms with Crippen LogP contribution in [0.25, 0.3) is 10.5 Å². The summed E-state index contributed by atoms with van der Waals surface area (Å²) in [4.78, 5) is 38.9. The Morgan fingerprint density at radius 3 is 2.41 bits per heavy atom. The van der Waals surface area contributed by atoms with Crippen LogP contribution in [0.1, 0.15) is 13.3 Å². The van der Waals surface area contributed by atoms with Gasteiger partial charge in [0.25, 0.3) is 21.6 Å². The highest BCUT2D eigenvalue weighted by Gasteiger charge is 2.34. The summed E-state index contributed by atoms with van der Waals surface area (Å²) in [6, 6.07) is 3.20. The monoisotopic (exact) mass is 645 g/mol. The Morgan fingerprint density at radius 2 is 1.85 bits per heavy atom. The number of hydrogen-bond acceptors (Lipinski definition) is 13. The number of aliphatic carboxylic acids is 1. The molecule has 1 amide bonds. The molecular formula is C23H23N3O11S4. The number of fused-ring (bicyclic) bond motifs is 1. The quantitative estimate of drug-likeness (QED) is 0.195. The number of thiocarbonyl (C=S) groups is 1. The maximum atomic E-state index is 13.4. The molecule has 2 aliphatic rings. The van der Waals surface area contributed by atoms with E-state index in [9.17, 15) is 37.7 Å². The lowest BCUT2D eigenvalue weighted by molar-refractivity contribution is -0.140. The molecule has 0 atom stereocenters. The number of ether oxygens (including phenoxy) is 3. The number of rotatable bonds is 9. The van der Waals surface area contributed by atoms with Crippen molar-refractivity contribution < 1.29 is 47.1 Å². The van der Waals surface area contributed by atoms with Crippen LogP contribution in [-0.2, 0) is 26.3 Å². The van der Waals surface area contributed by atoms with Crippen LogP contribution in [0.4, 0.5) is 5.69 Å². The predicted molar refractivity (Wildman–Crippen MR) is 153 cm³/mol. The van der Waals surface area contributed by atoms with E-state index < -0.39 is 39.9 Å². The molecule has 41 heavy (non-hydrogen) atoms. The number of carbonyl (C=O) groups excluding carboxylic acids is 1. The van der Waals surface area contributed by atoms with Gasteiger partial charge in [0.05, 0.1) is 30.2 Å². The number of thiazole rings is 1. The summed E-state index contributed by atoms with van der Waals surface area (Å²) in [6.45, 7) is 0.927. The molecule has 0 unspecified atom stereocenters. The lowest BCUT2D eigenvalue weighted by Crippen LogP contribution is -2.35. The van der Waals surface area contributed by atoms with E-state index in [1.165, 1.54) is 20.3 Å². The fraction of sp³-hybridized carbons (Fsp3) is 0.304. The highest BCUT2D eigenvalue weighted by atomic mass is 32.2. The van der Waals surface area contributed by atoms with Gasteiger partial charge in [-0.1, -0.05) is 0 Å². The van der Waals surface area contributed by atoms with E-state index in [0.717, 1.165) is 27.7 Å². The molecule has 18 heteroatoms. The first-order valence-electron chi connectivity index (χ1n) is 11.6. The number of nitrogens with zero attached hydrogens (tertiary/aromatic N) is 3. The van der Waals surface area contributed by atoms with Gasteiger partial charge in [-0.25, -0.2) is 0 Å². The second-order valence-corrected chi connectivity index (χ2v) is 12.8.